The fourth-order valence-electron chi connectivity index (χ4n) is 3.34. The van der Waals surface area contributed by atoms with Gasteiger partial charge in [0.25, 0.3) is 0 Å². The Morgan fingerprint density at radius 2 is 1.79 bits per heavy atom. The van der Waals surface area contributed by atoms with E-state index >= 15 is 0 Å². The number of carbonyl (C=O) groups is 3. The molecule has 0 unspecified atom stereocenters. The average Bonchev–Trinajstić information content (AvgIpc) is 2.55. The van der Waals surface area contributed by atoms with E-state index in [0.717, 1.165) is 5.56 Å². The number of hydrogen-bond acceptors (Lipinski definition) is 3. The second kappa shape index (κ2) is 6.59. The molecular formula is C17H19FN2O4. The number of aliphatic carboxylic acids is 1. The Balaban J connectivity index is 1.67. The van der Waals surface area contributed by atoms with Gasteiger partial charge >= 0.3 is 5.97 Å². The van der Waals surface area contributed by atoms with Crippen molar-refractivity contribution in [2.45, 2.75) is 38.5 Å². The average molecular weight is 334 g/mol. The van der Waals surface area contributed by atoms with Crippen LogP contribution in [-0.4, -0.2) is 22.9 Å². The molecule has 3 N–H and O–H groups in total. The summed E-state index contributed by atoms with van der Waals surface area (Å²) in [5.74, 6) is -2.53. The van der Waals surface area contributed by atoms with Gasteiger partial charge in [-0.1, -0.05) is 0 Å². The molecule has 1 aliphatic carbocycles. The van der Waals surface area contributed by atoms with Gasteiger partial charge in [0.15, 0.2) is 0 Å². The third kappa shape index (κ3) is 3.39. The van der Waals surface area contributed by atoms with Gasteiger partial charge in [-0.3, -0.25) is 14.4 Å². The summed E-state index contributed by atoms with van der Waals surface area (Å²) in [6.07, 6.45) is 2.76. The van der Waals surface area contributed by atoms with Crippen molar-refractivity contribution in [2.75, 3.05) is 10.6 Å². The predicted molar refractivity (Wildman–Crippen MR) is 85.1 cm³/mol. The Morgan fingerprint density at radius 1 is 1.12 bits per heavy atom. The highest BCUT2D eigenvalue weighted by Gasteiger charge is 2.30. The number of hydrogen-bond donors (Lipinski definition) is 3. The van der Waals surface area contributed by atoms with Crippen molar-refractivity contribution in [3.05, 3.63) is 23.5 Å². The Bertz CT molecular complexity index is 696. The van der Waals surface area contributed by atoms with E-state index in [-0.39, 0.29) is 23.4 Å². The fraction of sp³-hybridized carbons (Fsp3) is 0.471. The molecule has 0 radical (unpaired) electrons. The van der Waals surface area contributed by atoms with E-state index in [1.54, 1.807) is 6.07 Å². The summed E-state index contributed by atoms with van der Waals surface area (Å²) in [6.45, 7) is 0. The van der Waals surface area contributed by atoms with Gasteiger partial charge in [-0.25, -0.2) is 4.39 Å². The van der Waals surface area contributed by atoms with Crippen molar-refractivity contribution in [1.29, 1.82) is 0 Å². The maximum atomic E-state index is 14.2. The fourth-order valence-corrected chi connectivity index (χ4v) is 3.34. The van der Waals surface area contributed by atoms with Gasteiger partial charge in [-0.2, -0.15) is 0 Å². The molecule has 2 amide bonds. The number of benzene rings is 1. The minimum absolute atomic E-state index is 0.107. The van der Waals surface area contributed by atoms with E-state index in [0.29, 0.717) is 44.2 Å². The largest absolute Gasteiger partial charge is 0.481 e. The molecule has 0 aromatic heterocycles. The Labute approximate surface area is 138 Å². The molecule has 1 aromatic carbocycles. The standard InChI is InChI=1S/C17H19FN2O4/c18-12-8-13-11(5-6-15(21)19-13)7-14(12)20-16(22)9-1-3-10(4-2-9)17(23)24/h7-10H,1-6H2,(H,19,21)(H,20,22)(H,23,24). The highest BCUT2D eigenvalue weighted by molar-refractivity contribution is 5.96. The zero-order chi connectivity index (χ0) is 17.3. The molecule has 0 atom stereocenters. The number of fused-ring (bicyclic) bond motifs is 1. The molecule has 1 saturated carbocycles. The SMILES string of the molecule is O=C1CCc2cc(NC(=O)C3CCC(C(=O)O)CC3)c(F)cc2N1. The lowest BCUT2D eigenvalue weighted by molar-refractivity contribution is -0.143. The summed E-state index contributed by atoms with van der Waals surface area (Å²) in [4.78, 5) is 34.6. The van der Waals surface area contributed by atoms with Crippen LogP contribution < -0.4 is 10.6 Å². The Hall–Kier alpha value is -2.44. The number of aryl methyl sites for hydroxylation is 1. The molecule has 1 aliphatic heterocycles. The van der Waals surface area contributed by atoms with Crippen LogP contribution in [0.1, 0.15) is 37.7 Å². The van der Waals surface area contributed by atoms with Crippen molar-refractivity contribution in [2.24, 2.45) is 11.8 Å². The first-order valence-corrected chi connectivity index (χ1v) is 8.10. The number of nitrogens with one attached hydrogen (secondary N) is 2. The lowest BCUT2D eigenvalue weighted by atomic mass is 9.81. The number of anilines is 2. The first-order chi connectivity index (χ1) is 11.4. The molecule has 1 aromatic rings. The van der Waals surface area contributed by atoms with Crippen LogP contribution in [0.25, 0.3) is 0 Å². The van der Waals surface area contributed by atoms with E-state index in [4.69, 9.17) is 5.11 Å². The third-order valence-electron chi connectivity index (χ3n) is 4.79. The number of halogens is 1. The van der Waals surface area contributed by atoms with Crippen LogP contribution in [0.3, 0.4) is 0 Å². The Morgan fingerprint density at radius 3 is 2.46 bits per heavy atom. The summed E-state index contributed by atoms with van der Waals surface area (Å²) < 4.78 is 14.2. The summed E-state index contributed by atoms with van der Waals surface area (Å²) in [5.41, 5.74) is 1.35. The van der Waals surface area contributed by atoms with Gasteiger partial charge in [0.2, 0.25) is 11.8 Å². The molecular weight excluding hydrogens is 315 g/mol. The van der Waals surface area contributed by atoms with Crippen LogP contribution in [0.2, 0.25) is 0 Å². The predicted octanol–water partition coefficient (Wildman–Crippen LogP) is 2.54. The normalized spacial score (nSPS) is 23.1. The van der Waals surface area contributed by atoms with E-state index in [2.05, 4.69) is 10.6 Å². The third-order valence-corrected chi connectivity index (χ3v) is 4.79. The maximum absolute atomic E-state index is 14.2. The van der Waals surface area contributed by atoms with Crippen molar-refractivity contribution < 1.29 is 23.9 Å². The summed E-state index contributed by atoms with van der Waals surface area (Å²) >= 11 is 0. The summed E-state index contributed by atoms with van der Waals surface area (Å²) in [5, 5.41) is 14.2. The zero-order valence-corrected chi connectivity index (χ0v) is 13.1. The minimum Gasteiger partial charge on any atom is -0.481 e. The number of carboxylic acid groups (broad SMARTS) is 1. The van der Waals surface area contributed by atoms with Crippen molar-refractivity contribution >= 4 is 29.2 Å². The van der Waals surface area contributed by atoms with Crippen molar-refractivity contribution in [3.8, 4) is 0 Å². The molecule has 0 saturated heterocycles. The van der Waals surface area contributed by atoms with E-state index in [1.165, 1.54) is 6.07 Å². The lowest BCUT2D eigenvalue weighted by Crippen LogP contribution is -2.30. The Kier molecular flexibility index (Phi) is 4.51. The number of amides is 2. The van der Waals surface area contributed by atoms with Gasteiger partial charge in [0, 0.05) is 18.0 Å². The van der Waals surface area contributed by atoms with Crippen LogP contribution >= 0.6 is 0 Å². The molecule has 1 heterocycles. The van der Waals surface area contributed by atoms with Gasteiger partial charge in [-0.15, -0.1) is 0 Å². The van der Waals surface area contributed by atoms with Gasteiger partial charge in [-0.05, 0) is 49.8 Å². The van der Waals surface area contributed by atoms with Crippen LogP contribution in [0.4, 0.5) is 15.8 Å². The minimum atomic E-state index is -0.823. The monoisotopic (exact) mass is 334 g/mol. The first-order valence-electron chi connectivity index (χ1n) is 8.10. The molecule has 128 valence electrons. The summed E-state index contributed by atoms with van der Waals surface area (Å²) in [6, 6.07) is 2.79. The number of carboxylic acids is 1. The molecule has 24 heavy (non-hydrogen) atoms. The van der Waals surface area contributed by atoms with Crippen LogP contribution in [-0.2, 0) is 20.8 Å². The van der Waals surface area contributed by atoms with Crippen molar-refractivity contribution in [3.63, 3.8) is 0 Å². The second-order valence-electron chi connectivity index (χ2n) is 6.41. The number of rotatable bonds is 3. The topological polar surface area (TPSA) is 95.5 Å². The zero-order valence-electron chi connectivity index (χ0n) is 13.1. The highest BCUT2D eigenvalue weighted by Crippen LogP contribution is 2.32. The highest BCUT2D eigenvalue weighted by atomic mass is 19.1. The van der Waals surface area contributed by atoms with E-state index in [1.807, 2.05) is 0 Å². The van der Waals surface area contributed by atoms with Gasteiger partial charge in [0.05, 0.1) is 11.6 Å². The maximum Gasteiger partial charge on any atom is 0.306 e. The molecule has 0 bridgehead atoms. The molecule has 0 spiro atoms. The van der Waals surface area contributed by atoms with Crippen LogP contribution in [0.5, 0.6) is 0 Å². The van der Waals surface area contributed by atoms with E-state index < -0.39 is 17.7 Å². The first kappa shape index (κ1) is 16.4. The molecule has 7 heteroatoms. The molecule has 1 fully saturated rings. The van der Waals surface area contributed by atoms with Crippen LogP contribution in [0, 0.1) is 17.7 Å². The second-order valence-corrected chi connectivity index (χ2v) is 6.41. The summed E-state index contributed by atoms with van der Waals surface area (Å²) in [7, 11) is 0. The number of carbonyl (C=O) groups excluding carboxylic acids is 2. The smallest absolute Gasteiger partial charge is 0.306 e. The molecule has 3 rings (SSSR count). The van der Waals surface area contributed by atoms with E-state index in [9.17, 15) is 18.8 Å². The molecule has 6 nitrogen and oxygen atoms in total. The van der Waals surface area contributed by atoms with Crippen LogP contribution in [0.15, 0.2) is 12.1 Å². The van der Waals surface area contributed by atoms with Gasteiger partial charge in [0.1, 0.15) is 5.82 Å². The quantitative estimate of drug-likeness (QED) is 0.791. The van der Waals surface area contributed by atoms with Gasteiger partial charge < -0.3 is 15.7 Å². The van der Waals surface area contributed by atoms with Crippen molar-refractivity contribution in [1.82, 2.24) is 0 Å². The lowest BCUT2D eigenvalue weighted by Gasteiger charge is -2.25. The molecule has 2 aliphatic rings.